The Labute approximate surface area is 143 Å². The van der Waals surface area contributed by atoms with Gasteiger partial charge in [-0.2, -0.15) is 0 Å². The van der Waals surface area contributed by atoms with E-state index in [1.165, 1.54) is 0 Å². The molecule has 0 radical (unpaired) electrons. The molecule has 0 aliphatic heterocycles. The van der Waals surface area contributed by atoms with Gasteiger partial charge in [-0.1, -0.05) is 30.3 Å². The fourth-order valence-electron chi connectivity index (χ4n) is 2.24. The monoisotopic (exact) mass is 327 g/mol. The lowest BCUT2D eigenvalue weighted by Crippen LogP contribution is -2.23. The van der Waals surface area contributed by atoms with Crippen molar-refractivity contribution in [3.63, 3.8) is 0 Å². The summed E-state index contributed by atoms with van der Waals surface area (Å²) in [5.74, 6) is 1.18. The van der Waals surface area contributed by atoms with E-state index in [4.69, 9.17) is 15.2 Å². The third kappa shape index (κ3) is 5.59. The Morgan fingerprint density at radius 1 is 1.08 bits per heavy atom. The quantitative estimate of drug-likeness (QED) is 0.602. The molecule has 0 amide bonds. The molecule has 5 heteroatoms. The zero-order valence-electron chi connectivity index (χ0n) is 14.4. The van der Waals surface area contributed by atoms with Gasteiger partial charge in [0, 0.05) is 12.8 Å². The Morgan fingerprint density at radius 2 is 1.75 bits per heavy atom. The van der Waals surface area contributed by atoms with Crippen LogP contribution in [0, 0.1) is 0 Å². The molecule has 1 atom stereocenters. The lowest BCUT2D eigenvalue weighted by atomic mass is 10.1. The first-order valence-electron chi connectivity index (χ1n) is 8.00. The molecule has 24 heavy (non-hydrogen) atoms. The third-order valence-electron chi connectivity index (χ3n) is 3.38. The zero-order chi connectivity index (χ0) is 17.4. The fourth-order valence-corrected chi connectivity index (χ4v) is 2.24. The number of guanidine groups is 1. The van der Waals surface area contributed by atoms with Crippen LogP contribution < -0.4 is 15.8 Å². The second kappa shape index (κ2) is 8.93. The summed E-state index contributed by atoms with van der Waals surface area (Å²) in [7, 11) is 1.67. The van der Waals surface area contributed by atoms with Gasteiger partial charge in [-0.25, -0.2) is 0 Å². The van der Waals surface area contributed by atoms with Crippen LogP contribution in [0.4, 0.5) is 5.69 Å². The molecular weight excluding hydrogens is 302 g/mol. The van der Waals surface area contributed by atoms with E-state index in [0.29, 0.717) is 12.5 Å². The van der Waals surface area contributed by atoms with Crippen molar-refractivity contribution in [3.05, 3.63) is 60.2 Å². The van der Waals surface area contributed by atoms with Gasteiger partial charge in [-0.15, -0.1) is 0 Å². The molecule has 2 aromatic carbocycles. The Balaban J connectivity index is 1.93. The Morgan fingerprint density at radius 3 is 2.33 bits per heavy atom. The molecule has 0 aromatic heterocycles. The Bertz CT molecular complexity index is 639. The van der Waals surface area contributed by atoms with Crippen LogP contribution in [0.15, 0.2) is 59.6 Å². The normalized spacial score (nSPS) is 12.9. The molecule has 0 bridgehead atoms. The van der Waals surface area contributed by atoms with E-state index >= 15 is 0 Å². The molecule has 128 valence electrons. The van der Waals surface area contributed by atoms with Gasteiger partial charge in [0.15, 0.2) is 5.96 Å². The molecule has 0 aliphatic rings. The highest BCUT2D eigenvalue weighted by molar-refractivity contribution is 5.92. The van der Waals surface area contributed by atoms with Crippen molar-refractivity contribution in [2.24, 2.45) is 10.7 Å². The predicted molar refractivity (Wildman–Crippen MR) is 98.5 cm³/mol. The number of ether oxygens (including phenoxy) is 2. The molecule has 0 heterocycles. The lowest BCUT2D eigenvalue weighted by molar-refractivity contribution is 0.111. The minimum atomic E-state index is -0.117. The first-order valence-corrected chi connectivity index (χ1v) is 8.00. The summed E-state index contributed by atoms with van der Waals surface area (Å²) in [6, 6.07) is 17.6. The number of nitrogens with zero attached hydrogens (tertiary/aromatic N) is 1. The molecule has 3 N–H and O–H groups in total. The van der Waals surface area contributed by atoms with Crippen molar-refractivity contribution in [2.75, 3.05) is 19.0 Å². The molecule has 0 saturated carbocycles. The second-order valence-corrected chi connectivity index (χ2v) is 5.68. The highest BCUT2D eigenvalue weighted by Crippen LogP contribution is 2.18. The van der Waals surface area contributed by atoms with Gasteiger partial charge in [0.25, 0.3) is 0 Å². The van der Waals surface area contributed by atoms with Crippen LogP contribution in [0.2, 0.25) is 0 Å². The molecule has 0 aliphatic carbocycles. The molecule has 0 spiro atoms. The maximum Gasteiger partial charge on any atom is 0.193 e. The molecule has 2 rings (SSSR count). The van der Waals surface area contributed by atoms with E-state index in [0.717, 1.165) is 17.0 Å². The van der Waals surface area contributed by atoms with Crippen LogP contribution >= 0.6 is 0 Å². The van der Waals surface area contributed by atoms with E-state index in [1.807, 2.05) is 68.4 Å². The van der Waals surface area contributed by atoms with E-state index in [-0.39, 0.29) is 12.2 Å². The largest absolute Gasteiger partial charge is 0.491 e. The van der Waals surface area contributed by atoms with Crippen molar-refractivity contribution in [2.45, 2.75) is 26.1 Å². The van der Waals surface area contributed by atoms with Gasteiger partial charge in [0.05, 0.1) is 12.6 Å². The van der Waals surface area contributed by atoms with Gasteiger partial charge in [-0.05, 0) is 43.7 Å². The van der Waals surface area contributed by atoms with E-state index < -0.39 is 0 Å². The van der Waals surface area contributed by atoms with Crippen LogP contribution in [0.1, 0.15) is 25.5 Å². The lowest BCUT2D eigenvalue weighted by Gasteiger charge is -2.14. The van der Waals surface area contributed by atoms with Crippen LogP contribution in [0.5, 0.6) is 5.75 Å². The van der Waals surface area contributed by atoms with Crippen molar-refractivity contribution >= 4 is 11.6 Å². The molecule has 1 unspecified atom stereocenters. The number of methoxy groups -OCH3 is 1. The van der Waals surface area contributed by atoms with Gasteiger partial charge >= 0.3 is 0 Å². The first kappa shape index (κ1) is 17.8. The van der Waals surface area contributed by atoms with Crippen molar-refractivity contribution in [1.29, 1.82) is 0 Å². The van der Waals surface area contributed by atoms with Gasteiger partial charge in [0.2, 0.25) is 0 Å². The summed E-state index contributed by atoms with van der Waals surface area (Å²) < 4.78 is 11.1. The summed E-state index contributed by atoms with van der Waals surface area (Å²) in [6.45, 7) is 4.44. The van der Waals surface area contributed by atoms with Crippen molar-refractivity contribution < 1.29 is 9.47 Å². The van der Waals surface area contributed by atoms with Crippen LogP contribution in [-0.4, -0.2) is 25.7 Å². The fraction of sp³-hybridized carbons (Fsp3) is 0.316. The number of aliphatic imine (C=N–C) groups is 1. The summed E-state index contributed by atoms with van der Waals surface area (Å²) in [5.41, 5.74) is 7.90. The second-order valence-electron chi connectivity index (χ2n) is 5.68. The standard InChI is InChI=1S/C19H25N3O2/c1-14(2)24-17-11-9-16(10-12-17)22-19(20)21-13-18(23-3)15-7-5-4-6-8-15/h4-12,14,18H,13H2,1-3H3,(H3,20,21,22). The van der Waals surface area contributed by atoms with Crippen molar-refractivity contribution in [1.82, 2.24) is 0 Å². The SMILES string of the molecule is COC(CN=C(N)Nc1ccc(OC(C)C)cc1)c1ccccc1. The summed E-state index contributed by atoms with van der Waals surface area (Å²) in [4.78, 5) is 4.36. The van der Waals surface area contributed by atoms with E-state index in [1.54, 1.807) is 7.11 Å². The van der Waals surface area contributed by atoms with E-state index in [2.05, 4.69) is 10.3 Å². The number of nitrogens with two attached hydrogens (primary N) is 1. The minimum absolute atomic E-state index is 0.117. The molecular formula is C19H25N3O2. The summed E-state index contributed by atoms with van der Waals surface area (Å²) >= 11 is 0. The minimum Gasteiger partial charge on any atom is -0.491 e. The highest BCUT2D eigenvalue weighted by Gasteiger charge is 2.09. The average Bonchev–Trinajstić information content (AvgIpc) is 2.58. The third-order valence-corrected chi connectivity index (χ3v) is 3.38. The zero-order valence-corrected chi connectivity index (χ0v) is 14.4. The van der Waals surface area contributed by atoms with Crippen molar-refractivity contribution in [3.8, 4) is 5.75 Å². The first-order chi connectivity index (χ1) is 11.6. The Kier molecular flexibility index (Phi) is 6.63. The van der Waals surface area contributed by atoms with Gasteiger partial charge < -0.3 is 20.5 Å². The number of nitrogens with one attached hydrogen (secondary N) is 1. The number of hydrogen-bond acceptors (Lipinski definition) is 3. The number of hydrogen-bond donors (Lipinski definition) is 2. The molecule has 5 nitrogen and oxygen atoms in total. The Hall–Kier alpha value is -2.53. The van der Waals surface area contributed by atoms with Gasteiger partial charge in [-0.3, -0.25) is 4.99 Å². The topological polar surface area (TPSA) is 68.9 Å². The maximum absolute atomic E-state index is 5.96. The summed E-state index contributed by atoms with van der Waals surface area (Å²) in [6.07, 6.45) is 0.0350. The van der Waals surface area contributed by atoms with Crippen LogP contribution in [0.25, 0.3) is 0 Å². The smallest absolute Gasteiger partial charge is 0.193 e. The summed E-state index contributed by atoms with van der Waals surface area (Å²) in [5, 5.41) is 3.07. The number of rotatable bonds is 7. The molecule has 2 aromatic rings. The predicted octanol–water partition coefficient (Wildman–Crippen LogP) is 3.59. The highest BCUT2D eigenvalue weighted by atomic mass is 16.5. The van der Waals surface area contributed by atoms with Crippen LogP contribution in [-0.2, 0) is 4.74 Å². The van der Waals surface area contributed by atoms with Crippen LogP contribution in [0.3, 0.4) is 0 Å². The van der Waals surface area contributed by atoms with E-state index in [9.17, 15) is 0 Å². The van der Waals surface area contributed by atoms with Gasteiger partial charge in [0.1, 0.15) is 11.9 Å². The molecule has 0 fully saturated rings. The number of anilines is 1. The number of benzene rings is 2. The molecule has 0 saturated heterocycles. The average molecular weight is 327 g/mol. The maximum atomic E-state index is 5.96.